The minimum atomic E-state index is -0.570. The van der Waals surface area contributed by atoms with Crippen LogP contribution in [0.3, 0.4) is 0 Å². The molecule has 3 aliphatic rings. The van der Waals surface area contributed by atoms with Crippen LogP contribution in [0.4, 0.5) is 0 Å². The fourth-order valence-electron chi connectivity index (χ4n) is 5.47. The van der Waals surface area contributed by atoms with E-state index in [0.29, 0.717) is 30.6 Å². The highest BCUT2D eigenvalue weighted by atomic mass is 16.2. The fraction of sp³-hybridized carbons (Fsp3) is 0.444. The molecule has 3 atom stereocenters. The summed E-state index contributed by atoms with van der Waals surface area (Å²) < 4.78 is 0. The number of fused-ring (bicyclic) bond motifs is 1. The first kappa shape index (κ1) is 22.7. The summed E-state index contributed by atoms with van der Waals surface area (Å²) in [5.74, 6) is -0.758. The molecule has 0 saturated carbocycles. The van der Waals surface area contributed by atoms with E-state index in [9.17, 15) is 14.4 Å². The van der Waals surface area contributed by atoms with Gasteiger partial charge in [-0.15, -0.1) is 0 Å². The zero-order chi connectivity index (χ0) is 23.7. The number of likely N-dealkylation sites (tertiary alicyclic amines) is 1. The van der Waals surface area contributed by atoms with E-state index < -0.39 is 6.04 Å². The summed E-state index contributed by atoms with van der Waals surface area (Å²) in [5, 5.41) is 6.08. The van der Waals surface area contributed by atoms with Gasteiger partial charge in [-0.2, -0.15) is 0 Å². The second-order valence-corrected chi connectivity index (χ2v) is 9.69. The van der Waals surface area contributed by atoms with Crippen molar-refractivity contribution in [3.8, 4) is 0 Å². The van der Waals surface area contributed by atoms with Crippen molar-refractivity contribution in [2.24, 2.45) is 0 Å². The maximum absolute atomic E-state index is 12.9. The number of amides is 3. The number of hydrogen-bond donors (Lipinski definition) is 2. The van der Waals surface area contributed by atoms with E-state index in [0.717, 1.165) is 37.2 Å². The third-order valence-corrected chi connectivity index (χ3v) is 7.47. The standard InChI is InChI=1S/C27H32N4O3/c1-18(20-6-3-2-4-7-20)30-13-5-8-22(17-30)28-15-19-9-10-23-21(14-19)16-31(27(23)34)24-11-12-25(32)29-26(24)33/h2-4,6-7,9-10,14,18,22,24,28H,5,8,11-13,15-17H2,1H3,(H,29,32,33)/t18-,22-,24?/m1/s1. The van der Waals surface area contributed by atoms with Crippen molar-refractivity contribution in [3.63, 3.8) is 0 Å². The van der Waals surface area contributed by atoms with Gasteiger partial charge in [-0.25, -0.2) is 0 Å². The van der Waals surface area contributed by atoms with E-state index >= 15 is 0 Å². The molecule has 0 aliphatic carbocycles. The van der Waals surface area contributed by atoms with E-state index in [4.69, 9.17) is 0 Å². The number of nitrogens with zero attached hydrogens (tertiary/aromatic N) is 2. The average Bonchev–Trinajstić information content (AvgIpc) is 3.18. The lowest BCUT2D eigenvalue weighted by molar-refractivity contribution is -0.136. The molecule has 0 spiro atoms. The molecule has 0 radical (unpaired) electrons. The summed E-state index contributed by atoms with van der Waals surface area (Å²) in [7, 11) is 0. The van der Waals surface area contributed by atoms with Crippen LogP contribution in [0.2, 0.25) is 0 Å². The molecule has 0 bridgehead atoms. The maximum atomic E-state index is 12.9. The quantitative estimate of drug-likeness (QED) is 0.648. The van der Waals surface area contributed by atoms with Crippen LogP contribution in [0.5, 0.6) is 0 Å². The Balaban J connectivity index is 1.19. The Bertz CT molecular complexity index is 1090. The summed E-state index contributed by atoms with van der Waals surface area (Å²) in [4.78, 5) is 40.8. The Morgan fingerprint density at radius 3 is 2.71 bits per heavy atom. The number of rotatable bonds is 6. The average molecular weight is 461 g/mol. The molecule has 34 heavy (non-hydrogen) atoms. The second-order valence-electron chi connectivity index (χ2n) is 9.69. The minimum absolute atomic E-state index is 0.123. The first-order chi connectivity index (χ1) is 16.5. The Morgan fingerprint density at radius 2 is 1.91 bits per heavy atom. The van der Waals surface area contributed by atoms with Crippen molar-refractivity contribution in [1.29, 1.82) is 0 Å². The summed E-state index contributed by atoms with van der Waals surface area (Å²) in [6.45, 7) is 5.58. The van der Waals surface area contributed by atoms with Gasteiger partial charge in [-0.3, -0.25) is 24.6 Å². The zero-order valence-electron chi connectivity index (χ0n) is 19.6. The summed E-state index contributed by atoms with van der Waals surface area (Å²) in [5.41, 5.74) is 4.11. The van der Waals surface area contributed by atoms with Gasteiger partial charge in [0, 0.05) is 43.7 Å². The van der Waals surface area contributed by atoms with Crippen LogP contribution in [0.1, 0.15) is 65.7 Å². The lowest BCUT2D eigenvalue weighted by atomic mass is 10.00. The number of hydrogen-bond acceptors (Lipinski definition) is 5. The van der Waals surface area contributed by atoms with Crippen molar-refractivity contribution in [2.45, 2.75) is 63.8 Å². The Hall–Kier alpha value is -3.03. The van der Waals surface area contributed by atoms with E-state index in [-0.39, 0.29) is 24.1 Å². The molecule has 2 aromatic carbocycles. The van der Waals surface area contributed by atoms with Crippen LogP contribution >= 0.6 is 0 Å². The first-order valence-electron chi connectivity index (χ1n) is 12.3. The van der Waals surface area contributed by atoms with Crippen LogP contribution < -0.4 is 10.6 Å². The van der Waals surface area contributed by atoms with E-state index in [2.05, 4.69) is 58.9 Å². The van der Waals surface area contributed by atoms with Gasteiger partial charge < -0.3 is 10.2 Å². The number of carbonyl (C=O) groups excluding carboxylic acids is 3. The lowest BCUT2D eigenvalue weighted by Crippen LogP contribution is -2.52. The second kappa shape index (κ2) is 9.68. The van der Waals surface area contributed by atoms with Crippen molar-refractivity contribution in [3.05, 3.63) is 70.8 Å². The molecule has 178 valence electrons. The van der Waals surface area contributed by atoms with Crippen LogP contribution in [0.25, 0.3) is 0 Å². The molecule has 7 nitrogen and oxygen atoms in total. The Kier molecular flexibility index (Phi) is 6.48. The highest BCUT2D eigenvalue weighted by Crippen LogP contribution is 2.29. The molecule has 2 fully saturated rings. The number of imide groups is 1. The molecule has 5 rings (SSSR count). The van der Waals surface area contributed by atoms with Gasteiger partial charge in [-0.1, -0.05) is 42.5 Å². The molecule has 3 aliphatic heterocycles. The number of piperidine rings is 2. The van der Waals surface area contributed by atoms with Crippen molar-refractivity contribution < 1.29 is 14.4 Å². The molecule has 1 unspecified atom stereocenters. The van der Waals surface area contributed by atoms with Gasteiger partial charge in [0.15, 0.2) is 0 Å². The highest BCUT2D eigenvalue weighted by Gasteiger charge is 2.39. The SMILES string of the molecule is C[C@H](c1ccccc1)N1CCC[C@@H](NCc2ccc3c(c2)CN(C2CCC(=O)NC2=O)C3=O)C1. The lowest BCUT2D eigenvalue weighted by Gasteiger charge is -2.37. The maximum Gasteiger partial charge on any atom is 0.255 e. The summed E-state index contributed by atoms with van der Waals surface area (Å²) in [6, 6.07) is 16.9. The fourth-order valence-corrected chi connectivity index (χ4v) is 5.47. The number of nitrogens with one attached hydrogen (secondary N) is 2. The van der Waals surface area contributed by atoms with Gasteiger partial charge in [0.1, 0.15) is 6.04 Å². The topological polar surface area (TPSA) is 81.8 Å². The highest BCUT2D eigenvalue weighted by molar-refractivity contribution is 6.05. The third-order valence-electron chi connectivity index (χ3n) is 7.47. The van der Waals surface area contributed by atoms with E-state index in [1.165, 1.54) is 12.0 Å². The Labute approximate surface area is 200 Å². The van der Waals surface area contributed by atoms with Crippen LogP contribution in [0, 0.1) is 0 Å². The smallest absolute Gasteiger partial charge is 0.255 e. The van der Waals surface area contributed by atoms with Gasteiger partial charge >= 0.3 is 0 Å². The number of carbonyl (C=O) groups is 3. The normalized spacial score (nSPS) is 24.1. The minimum Gasteiger partial charge on any atom is -0.322 e. The molecule has 2 aromatic rings. The van der Waals surface area contributed by atoms with Crippen LogP contribution in [0.15, 0.2) is 48.5 Å². The van der Waals surface area contributed by atoms with Crippen molar-refractivity contribution in [1.82, 2.24) is 20.4 Å². The largest absolute Gasteiger partial charge is 0.322 e. The van der Waals surface area contributed by atoms with Gasteiger partial charge in [0.05, 0.1) is 0 Å². The first-order valence-corrected chi connectivity index (χ1v) is 12.3. The Morgan fingerprint density at radius 1 is 1.09 bits per heavy atom. The van der Waals surface area contributed by atoms with Gasteiger partial charge in [0.2, 0.25) is 11.8 Å². The molecule has 2 N–H and O–H groups in total. The van der Waals surface area contributed by atoms with E-state index in [1.807, 2.05) is 12.1 Å². The monoisotopic (exact) mass is 460 g/mol. The predicted octanol–water partition coefficient (Wildman–Crippen LogP) is 2.76. The zero-order valence-corrected chi connectivity index (χ0v) is 19.6. The molecule has 2 saturated heterocycles. The molecular formula is C27H32N4O3. The molecule has 0 aromatic heterocycles. The molecule has 7 heteroatoms. The van der Waals surface area contributed by atoms with Crippen LogP contribution in [-0.4, -0.2) is 52.7 Å². The molecule has 3 amide bonds. The molecule has 3 heterocycles. The summed E-state index contributed by atoms with van der Waals surface area (Å²) in [6.07, 6.45) is 2.99. The van der Waals surface area contributed by atoms with Gasteiger partial charge in [-0.05, 0) is 55.5 Å². The van der Waals surface area contributed by atoms with Gasteiger partial charge in [0.25, 0.3) is 5.91 Å². The predicted molar refractivity (Wildman–Crippen MR) is 129 cm³/mol. The summed E-state index contributed by atoms with van der Waals surface area (Å²) >= 11 is 0. The number of benzene rings is 2. The van der Waals surface area contributed by atoms with Crippen molar-refractivity contribution in [2.75, 3.05) is 13.1 Å². The molecular weight excluding hydrogens is 428 g/mol. The van der Waals surface area contributed by atoms with E-state index in [1.54, 1.807) is 4.90 Å². The van der Waals surface area contributed by atoms with Crippen molar-refractivity contribution >= 4 is 17.7 Å². The third kappa shape index (κ3) is 4.63. The van der Waals surface area contributed by atoms with Crippen LogP contribution in [-0.2, 0) is 22.7 Å².